The molecule has 0 rings (SSSR count). The van der Waals surface area contributed by atoms with Crippen molar-refractivity contribution >= 4 is 11.9 Å². The van der Waals surface area contributed by atoms with E-state index in [1.807, 2.05) is 27.7 Å². The van der Waals surface area contributed by atoms with E-state index in [-0.39, 0.29) is 0 Å². The first-order chi connectivity index (χ1) is 9.83. The maximum absolute atomic E-state index is 11.8. The van der Waals surface area contributed by atoms with Crippen molar-refractivity contribution in [2.24, 2.45) is 11.8 Å². The lowest BCUT2D eigenvalue weighted by Gasteiger charge is -2.27. The van der Waals surface area contributed by atoms with Crippen LogP contribution in [0.3, 0.4) is 0 Å². The van der Waals surface area contributed by atoms with Gasteiger partial charge >= 0.3 is 11.9 Å². The molecule has 0 aromatic rings. The Labute approximate surface area is 135 Å². The van der Waals surface area contributed by atoms with E-state index >= 15 is 0 Å². The quantitative estimate of drug-likeness (QED) is 0.496. The summed E-state index contributed by atoms with van der Waals surface area (Å²) < 4.78 is 10.7. The highest BCUT2D eigenvalue weighted by Crippen LogP contribution is 2.21. The lowest BCUT2D eigenvalue weighted by Crippen LogP contribution is -2.30. The Hall–Kier alpha value is -1.32. The minimum atomic E-state index is -0.545. The van der Waals surface area contributed by atoms with Crippen LogP contribution >= 0.6 is 0 Å². The predicted molar refractivity (Wildman–Crippen MR) is 88.4 cm³/mol. The fourth-order valence-corrected chi connectivity index (χ4v) is 2.80. The van der Waals surface area contributed by atoms with Crippen molar-refractivity contribution in [2.45, 2.75) is 79.4 Å². The molecule has 0 fully saturated rings. The van der Waals surface area contributed by atoms with Gasteiger partial charge in [0.25, 0.3) is 0 Å². The van der Waals surface area contributed by atoms with Gasteiger partial charge in [-0.05, 0) is 52.4 Å². The van der Waals surface area contributed by atoms with Crippen LogP contribution in [0.15, 0.2) is 12.2 Å². The number of ether oxygens (including phenoxy) is 2. The van der Waals surface area contributed by atoms with E-state index in [0.717, 1.165) is 25.0 Å². The average Bonchev–Trinajstić information content (AvgIpc) is 2.20. The number of hydrogen-bond acceptors (Lipinski definition) is 4. The third kappa shape index (κ3) is 10.4. The summed E-state index contributed by atoms with van der Waals surface area (Å²) in [7, 11) is 0. The standard InChI is InChI=1S/C18H32O4/c1-13(2)11-17(5,6)21-15(19)9-10-16(20)22-18(7,8)12-14(3)4/h9-10,13-14H,11-12H2,1-8H3/b10-9+. The van der Waals surface area contributed by atoms with Crippen molar-refractivity contribution in [2.75, 3.05) is 0 Å². The molecule has 4 heteroatoms. The first-order valence-electron chi connectivity index (χ1n) is 7.97. The van der Waals surface area contributed by atoms with E-state index in [4.69, 9.17) is 9.47 Å². The number of esters is 2. The van der Waals surface area contributed by atoms with Crippen LogP contribution in [-0.4, -0.2) is 23.1 Å². The van der Waals surface area contributed by atoms with E-state index in [0.29, 0.717) is 11.8 Å². The number of rotatable bonds is 8. The van der Waals surface area contributed by atoms with E-state index in [9.17, 15) is 9.59 Å². The molecule has 0 saturated carbocycles. The number of hydrogen-bond donors (Lipinski definition) is 0. The van der Waals surface area contributed by atoms with Crippen LogP contribution in [0.2, 0.25) is 0 Å². The summed E-state index contributed by atoms with van der Waals surface area (Å²) in [5.41, 5.74) is -1.09. The lowest BCUT2D eigenvalue weighted by atomic mass is 9.96. The number of carbonyl (C=O) groups excluding carboxylic acids is 2. The highest BCUT2D eigenvalue weighted by molar-refractivity contribution is 5.91. The van der Waals surface area contributed by atoms with Gasteiger partial charge in [0.1, 0.15) is 11.2 Å². The molecule has 0 bridgehead atoms. The van der Waals surface area contributed by atoms with Crippen LogP contribution < -0.4 is 0 Å². The highest BCUT2D eigenvalue weighted by atomic mass is 16.6. The molecule has 0 radical (unpaired) electrons. The van der Waals surface area contributed by atoms with Gasteiger partial charge in [0.15, 0.2) is 0 Å². The largest absolute Gasteiger partial charge is 0.456 e. The summed E-state index contributed by atoms with van der Waals surface area (Å²) in [4.78, 5) is 23.5. The molecule has 0 aliphatic rings. The second-order valence-corrected chi connectivity index (χ2v) is 7.89. The molecule has 0 spiro atoms. The molecule has 0 aromatic heterocycles. The van der Waals surface area contributed by atoms with Gasteiger partial charge in [0.2, 0.25) is 0 Å². The van der Waals surface area contributed by atoms with Gasteiger partial charge < -0.3 is 9.47 Å². The first-order valence-corrected chi connectivity index (χ1v) is 7.97. The van der Waals surface area contributed by atoms with Crippen molar-refractivity contribution < 1.29 is 19.1 Å². The third-order valence-corrected chi connectivity index (χ3v) is 2.91. The SMILES string of the molecule is CC(C)CC(C)(C)OC(=O)/C=C/C(=O)OC(C)(C)CC(C)C. The van der Waals surface area contributed by atoms with E-state index < -0.39 is 23.1 Å². The van der Waals surface area contributed by atoms with Crippen molar-refractivity contribution in [3.63, 3.8) is 0 Å². The zero-order valence-corrected chi connectivity index (χ0v) is 15.4. The molecule has 0 aliphatic carbocycles. The molecule has 0 aliphatic heterocycles. The Kier molecular flexibility index (Phi) is 7.85. The molecule has 0 amide bonds. The second kappa shape index (κ2) is 8.35. The fourth-order valence-electron chi connectivity index (χ4n) is 2.80. The molecule has 0 aromatic carbocycles. The van der Waals surface area contributed by atoms with Crippen molar-refractivity contribution in [1.82, 2.24) is 0 Å². The maximum Gasteiger partial charge on any atom is 0.331 e. The van der Waals surface area contributed by atoms with Gasteiger partial charge in [-0.15, -0.1) is 0 Å². The van der Waals surface area contributed by atoms with Crippen LogP contribution in [0, 0.1) is 11.8 Å². The normalized spacial score (nSPS) is 13.0. The zero-order chi connectivity index (χ0) is 17.6. The molecule has 0 heterocycles. The molecule has 22 heavy (non-hydrogen) atoms. The molecule has 0 N–H and O–H groups in total. The van der Waals surface area contributed by atoms with Gasteiger partial charge in [0, 0.05) is 12.2 Å². The first kappa shape index (κ1) is 20.7. The zero-order valence-electron chi connectivity index (χ0n) is 15.4. The maximum atomic E-state index is 11.8. The summed E-state index contributed by atoms with van der Waals surface area (Å²) >= 11 is 0. The minimum Gasteiger partial charge on any atom is -0.456 e. The highest BCUT2D eigenvalue weighted by Gasteiger charge is 2.25. The second-order valence-electron chi connectivity index (χ2n) is 7.89. The molecular formula is C18H32O4. The summed E-state index contributed by atoms with van der Waals surface area (Å²) in [6, 6.07) is 0. The summed E-state index contributed by atoms with van der Waals surface area (Å²) in [5, 5.41) is 0. The Balaban J connectivity index is 4.47. The van der Waals surface area contributed by atoms with Crippen LogP contribution in [0.5, 0.6) is 0 Å². The van der Waals surface area contributed by atoms with Gasteiger partial charge in [-0.2, -0.15) is 0 Å². The Morgan fingerprint density at radius 1 is 0.773 bits per heavy atom. The van der Waals surface area contributed by atoms with Gasteiger partial charge in [0.05, 0.1) is 0 Å². The summed E-state index contributed by atoms with van der Waals surface area (Å²) in [5.74, 6) is -0.198. The van der Waals surface area contributed by atoms with Crippen LogP contribution in [0.25, 0.3) is 0 Å². The van der Waals surface area contributed by atoms with E-state index in [1.165, 1.54) is 0 Å². The van der Waals surface area contributed by atoms with Crippen molar-refractivity contribution in [1.29, 1.82) is 0 Å². The molecule has 0 unspecified atom stereocenters. The van der Waals surface area contributed by atoms with Crippen LogP contribution in [0.1, 0.15) is 68.2 Å². The van der Waals surface area contributed by atoms with E-state index in [2.05, 4.69) is 27.7 Å². The monoisotopic (exact) mass is 312 g/mol. The fraction of sp³-hybridized carbons (Fsp3) is 0.778. The molecule has 0 atom stereocenters. The van der Waals surface area contributed by atoms with E-state index in [1.54, 1.807) is 0 Å². The average molecular weight is 312 g/mol. The topological polar surface area (TPSA) is 52.6 Å². The molecule has 0 saturated heterocycles. The van der Waals surface area contributed by atoms with Gasteiger partial charge in [-0.25, -0.2) is 9.59 Å². The number of carbonyl (C=O) groups is 2. The van der Waals surface area contributed by atoms with Gasteiger partial charge in [-0.1, -0.05) is 27.7 Å². The van der Waals surface area contributed by atoms with Crippen molar-refractivity contribution in [3.05, 3.63) is 12.2 Å². The minimum absolute atomic E-state index is 0.425. The Bertz CT molecular complexity index is 365. The summed E-state index contributed by atoms with van der Waals surface area (Å²) in [6.07, 6.45) is 3.79. The van der Waals surface area contributed by atoms with Crippen LogP contribution in [0.4, 0.5) is 0 Å². The lowest BCUT2D eigenvalue weighted by molar-refractivity contribution is -0.154. The van der Waals surface area contributed by atoms with Crippen molar-refractivity contribution in [3.8, 4) is 0 Å². The molecular weight excluding hydrogens is 280 g/mol. The third-order valence-electron chi connectivity index (χ3n) is 2.91. The predicted octanol–water partition coefficient (Wildman–Crippen LogP) is 4.28. The van der Waals surface area contributed by atoms with Gasteiger partial charge in [-0.3, -0.25) is 0 Å². The molecule has 128 valence electrons. The smallest absolute Gasteiger partial charge is 0.331 e. The summed E-state index contributed by atoms with van der Waals surface area (Å²) in [6.45, 7) is 15.7. The van der Waals surface area contributed by atoms with Crippen LogP contribution in [-0.2, 0) is 19.1 Å². The molecule has 4 nitrogen and oxygen atoms in total. The Morgan fingerprint density at radius 3 is 1.27 bits per heavy atom. The Morgan fingerprint density at radius 2 is 1.05 bits per heavy atom.